The minimum absolute atomic E-state index is 0.319. The number of rotatable bonds is 6. The maximum atomic E-state index is 11.2. The molecule has 20 heavy (non-hydrogen) atoms. The first-order valence-electron chi connectivity index (χ1n) is 5.66. The average Bonchev–Trinajstić information content (AvgIpc) is 2.43. The Bertz CT molecular complexity index is 569. The molecule has 106 valence electrons. The third kappa shape index (κ3) is 3.37. The van der Waals surface area contributed by atoms with Crippen molar-refractivity contribution < 1.29 is 19.4 Å². The van der Waals surface area contributed by atoms with E-state index in [1.165, 1.54) is 6.07 Å². The number of ether oxygens (including phenoxy) is 1. The SMILES string of the molecule is C=CC(=O)OC(CC)c1ccc([N+](=O)[O-])c([N+](=O)[O-])c1. The third-order valence-electron chi connectivity index (χ3n) is 2.56. The van der Waals surface area contributed by atoms with Crippen LogP contribution in [-0.2, 0) is 9.53 Å². The van der Waals surface area contributed by atoms with Crippen LogP contribution in [0.3, 0.4) is 0 Å². The van der Waals surface area contributed by atoms with Gasteiger partial charge in [-0.2, -0.15) is 0 Å². The molecule has 8 nitrogen and oxygen atoms in total. The van der Waals surface area contributed by atoms with Crippen molar-refractivity contribution >= 4 is 17.3 Å². The second kappa shape index (κ2) is 6.41. The van der Waals surface area contributed by atoms with Crippen molar-refractivity contribution in [2.75, 3.05) is 0 Å². The Labute approximate surface area is 114 Å². The van der Waals surface area contributed by atoms with Crippen LogP contribution in [0.25, 0.3) is 0 Å². The zero-order valence-corrected chi connectivity index (χ0v) is 10.6. The molecule has 0 aromatic heterocycles. The number of hydrogen-bond donors (Lipinski definition) is 0. The summed E-state index contributed by atoms with van der Waals surface area (Å²) in [6.07, 6.45) is 0.622. The Morgan fingerprint density at radius 1 is 1.35 bits per heavy atom. The van der Waals surface area contributed by atoms with Crippen LogP contribution in [0.5, 0.6) is 0 Å². The fraction of sp³-hybridized carbons (Fsp3) is 0.250. The molecule has 0 aliphatic heterocycles. The molecular weight excluding hydrogens is 268 g/mol. The van der Waals surface area contributed by atoms with E-state index in [0.717, 1.165) is 18.2 Å². The molecule has 1 aromatic rings. The van der Waals surface area contributed by atoms with Crippen LogP contribution < -0.4 is 0 Å². The summed E-state index contributed by atoms with van der Waals surface area (Å²) < 4.78 is 5.02. The number of esters is 1. The monoisotopic (exact) mass is 280 g/mol. The van der Waals surface area contributed by atoms with Gasteiger partial charge in [0.25, 0.3) is 0 Å². The Balaban J connectivity index is 3.21. The number of benzene rings is 1. The Morgan fingerprint density at radius 3 is 2.40 bits per heavy atom. The molecule has 1 aromatic carbocycles. The zero-order chi connectivity index (χ0) is 15.3. The summed E-state index contributed by atoms with van der Waals surface area (Å²) >= 11 is 0. The molecule has 0 spiro atoms. The molecular formula is C12H12N2O6. The van der Waals surface area contributed by atoms with Crippen molar-refractivity contribution in [3.05, 3.63) is 56.6 Å². The van der Waals surface area contributed by atoms with Gasteiger partial charge in [-0.05, 0) is 18.1 Å². The quantitative estimate of drug-likeness (QED) is 0.342. The first-order valence-corrected chi connectivity index (χ1v) is 5.66. The van der Waals surface area contributed by atoms with Crippen LogP contribution >= 0.6 is 0 Å². The molecule has 0 heterocycles. The van der Waals surface area contributed by atoms with Crippen molar-refractivity contribution in [2.45, 2.75) is 19.4 Å². The maximum absolute atomic E-state index is 11.2. The number of carbonyl (C=O) groups is 1. The highest BCUT2D eigenvalue weighted by Gasteiger charge is 2.26. The maximum Gasteiger partial charge on any atom is 0.346 e. The second-order valence-electron chi connectivity index (χ2n) is 3.80. The number of carbonyl (C=O) groups excluding carboxylic acids is 1. The summed E-state index contributed by atoms with van der Waals surface area (Å²) in [6, 6.07) is 3.40. The lowest BCUT2D eigenvalue weighted by atomic mass is 10.1. The molecule has 0 aliphatic rings. The van der Waals surface area contributed by atoms with Crippen LogP contribution in [0.1, 0.15) is 25.0 Å². The normalized spacial score (nSPS) is 11.4. The molecule has 0 bridgehead atoms. The molecule has 8 heteroatoms. The van der Waals surface area contributed by atoms with Gasteiger partial charge in [-0.1, -0.05) is 13.5 Å². The van der Waals surface area contributed by atoms with Gasteiger partial charge in [0, 0.05) is 18.2 Å². The van der Waals surface area contributed by atoms with Gasteiger partial charge in [0.1, 0.15) is 6.10 Å². The van der Waals surface area contributed by atoms with E-state index in [1.54, 1.807) is 6.92 Å². The van der Waals surface area contributed by atoms with E-state index < -0.39 is 33.3 Å². The van der Waals surface area contributed by atoms with Gasteiger partial charge in [0.05, 0.1) is 9.85 Å². The van der Waals surface area contributed by atoms with E-state index in [4.69, 9.17) is 4.74 Å². The van der Waals surface area contributed by atoms with Crippen LogP contribution in [-0.4, -0.2) is 15.8 Å². The van der Waals surface area contributed by atoms with Crippen LogP contribution in [0.4, 0.5) is 11.4 Å². The average molecular weight is 280 g/mol. The molecule has 0 saturated heterocycles. The van der Waals surface area contributed by atoms with Crippen molar-refractivity contribution in [2.24, 2.45) is 0 Å². The molecule has 0 fully saturated rings. The molecule has 0 saturated carbocycles. The summed E-state index contributed by atoms with van der Waals surface area (Å²) in [5.74, 6) is -0.669. The predicted molar refractivity (Wildman–Crippen MR) is 69.1 cm³/mol. The highest BCUT2D eigenvalue weighted by atomic mass is 16.6. The fourth-order valence-electron chi connectivity index (χ4n) is 1.62. The minimum Gasteiger partial charge on any atom is -0.454 e. The summed E-state index contributed by atoms with van der Waals surface area (Å²) in [6.45, 7) is 4.97. The van der Waals surface area contributed by atoms with Gasteiger partial charge in [-0.3, -0.25) is 20.2 Å². The lowest BCUT2D eigenvalue weighted by Crippen LogP contribution is -2.09. The van der Waals surface area contributed by atoms with E-state index in [1.807, 2.05) is 0 Å². The predicted octanol–water partition coefficient (Wildman–Crippen LogP) is 2.68. The Hall–Kier alpha value is -2.77. The lowest BCUT2D eigenvalue weighted by molar-refractivity contribution is -0.422. The molecule has 1 rings (SSSR count). The largest absolute Gasteiger partial charge is 0.454 e. The fourth-order valence-corrected chi connectivity index (χ4v) is 1.62. The van der Waals surface area contributed by atoms with E-state index in [2.05, 4.69) is 6.58 Å². The number of nitro groups is 2. The van der Waals surface area contributed by atoms with Crippen LogP contribution in [0.15, 0.2) is 30.9 Å². The van der Waals surface area contributed by atoms with Crippen molar-refractivity contribution in [1.29, 1.82) is 0 Å². The first kappa shape index (κ1) is 15.3. The summed E-state index contributed by atoms with van der Waals surface area (Å²) in [7, 11) is 0. The summed E-state index contributed by atoms with van der Waals surface area (Å²) in [4.78, 5) is 31.0. The molecule has 1 unspecified atom stereocenters. The van der Waals surface area contributed by atoms with E-state index in [9.17, 15) is 25.0 Å². The van der Waals surface area contributed by atoms with Crippen molar-refractivity contribution in [3.63, 3.8) is 0 Å². The topological polar surface area (TPSA) is 113 Å². The number of nitrogens with zero attached hydrogens (tertiary/aromatic N) is 2. The third-order valence-corrected chi connectivity index (χ3v) is 2.56. The van der Waals surface area contributed by atoms with E-state index in [0.29, 0.717) is 12.0 Å². The second-order valence-corrected chi connectivity index (χ2v) is 3.80. The van der Waals surface area contributed by atoms with E-state index in [-0.39, 0.29) is 0 Å². The summed E-state index contributed by atoms with van der Waals surface area (Å²) in [5, 5.41) is 21.5. The molecule has 0 aliphatic carbocycles. The van der Waals surface area contributed by atoms with Gasteiger partial charge in [-0.15, -0.1) is 0 Å². The van der Waals surface area contributed by atoms with Crippen LogP contribution in [0.2, 0.25) is 0 Å². The lowest BCUT2D eigenvalue weighted by Gasteiger charge is -2.15. The smallest absolute Gasteiger partial charge is 0.346 e. The van der Waals surface area contributed by atoms with Gasteiger partial charge < -0.3 is 4.74 Å². The highest BCUT2D eigenvalue weighted by molar-refractivity contribution is 5.81. The van der Waals surface area contributed by atoms with Crippen molar-refractivity contribution in [1.82, 2.24) is 0 Å². The van der Waals surface area contributed by atoms with E-state index >= 15 is 0 Å². The standard InChI is InChI=1S/C12H12N2O6/c1-3-11(20-12(15)4-2)8-5-6-9(13(16)17)10(7-8)14(18)19/h4-7,11H,2-3H2,1H3. The zero-order valence-electron chi connectivity index (χ0n) is 10.6. The highest BCUT2D eigenvalue weighted by Crippen LogP contribution is 2.32. The Morgan fingerprint density at radius 2 is 1.95 bits per heavy atom. The number of hydrogen-bond acceptors (Lipinski definition) is 6. The molecule has 0 radical (unpaired) electrons. The van der Waals surface area contributed by atoms with Crippen LogP contribution in [0, 0.1) is 20.2 Å². The van der Waals surface area contributed by atoms with Gasteiger partial charge in [0.2, 0.25) is 0 Å². The number of nitro benzene ring substituents is 2. The molecule has 0 N–H and O–H groups in total. The molecule has 1 atom stereocenters. The Kier molecular flexibility index (Phi) is 4.90. The first-order chi connectivity index (χ1) is 9.40. The van der Waals surface area contributed by atoms with Crippen molar-refractivity contribution in [3.8, 4) is 0 Å². The van der Waals surface area contributed by atoms with Gasteiger partial charge >= 0.3 is 17.3 Å². The molecule has 0 amide bonds. The van der Waals surface area contributed by atoms with Gasteiger partial charge in [-0.25, -0.2) is 4.79 Å². The minimum atomic E-state index is -0.844. The van der Waals surface area contributed by atoms with Gasteiger partial charge in [0.15, 0.2) is 0 Å². The summed E-state index contributed by atoms with van der Waals surface area (Å²) in [5.41, 5.74) is -0.927.